The first-order chi connectivity index (χ1) is 7.55. The molecule has 2 nitrogen and oxygen atoms in total. The Hall–Kier alpha value is -1.37. The number of nitrogens with zero attached hydrogens (tertiary/aromatic N) is 1. The fraction of sp³-hybridized carbons (Fsp3) is 0.308. The molecule has 1 N–H and O–H groups in total. The van der Waals surface area contributed by atoms with E-state index in [-0.39, 0.29) is 0 Å². The normalized spacial score (nSPS) is 16.6. The lowest BCUT2D eigenvalue weighted by molar-refractivity contribution is 0.0270. The van der Waals surface area contributed by atoms with E-state index < -0.39 is 11.5 Å². The molecule has 2 aromatic rings. The van der Waals surface area contributed by atoms with E-state index in [1.54, 1.807) is 25.2 Å². The highest BCUT2D eigenvalue weighted by Gasteiger charge is 2.32. The first-order valence-electron chi connectivity index (χ1n) is 5.16. The predicted molar refractivity (Wildman–Crippen MR) is 66.2 cm³/mol. The molecule has 0 amide bonds. The molecular formula is C13H13NOS. The second kappa shape index (κ2) is 3.89. The van der Waals surface area contributed by atoms with E-state index in [1.807, 2.05) is 30.3 Å². The first kappa shape index (κ1) is 11.1. The van der Waals surface area contributed by atoms with Gasteiger partial charge in [0.15, 0.2) is 0 Å². The zero-order chi connectivity index (χ0) is 11.8. The van der Waals surface area contributed by atoms with Crippen LogP contribution < -0.4 is 0 Å². The summed E-state index contributed by atoms with van der Waals surface area (Å²) in [4.78, 5) is 0.850. The summed E-state index contributed by atoms with van der Waals surface area (Å²) >= 11 is 1.55. The van der Waals surface area contributed by atoms with Crippen molar-refractivity contribution in [2.24, 2.45) is 5.92 Å². The van der Waals surface area contributed by atoms with Gasteiger partial charge in [0.2, 0.25) is 0 Å². The van der Waals surface area contributed by atoms with Crippen molar-refractivity contribution in [1.29, 1.82) is 5.26 Å². The Kier molecular flexibility index (Phi) is 2.71. The van der Waals surface area contributed by atoms with E-state index >= 15 is 0 Å². The first-order valence-corrected chi connectivity index (χ1v) is 5.98. The largest absolute Gasteiger partial charge is 0.383 e. The molecule has 1 aromatic heterocycles. The lowest BCUT2D eigenvalue weighted by atomic mass is 9.90. The average molecular weight is 231 g/mol. The number of rotatable bonds is 2. The van der Waals surface area contributed by atoms with Gasteiger partial charge in [-0.3, -0.25) is 0 Å². The molecule has 0 aliphatic rings. The summed E-state index contributed by atoms with van der Waals surface area (Å²) in [6.45, 7) is 3.44. The van der Waals surface area contributed by atoms with Gasteiger partial charge in [-0.05, 0) is 31.4 Å². The maximum absolute atomic E-state index is 10.3. The van der Waals surface area contributed by atoms with Gasteiger partial charge in [-0.25, -0.2) is 0 Å². The molecule has 16 heavy (non-hydrogen) atoms. The zero-order valence-electron chi connectivity index (χ0n) is 9.27. The topological polar surface area (TPSA) is 44.0 Å². The highest BCUT2D eigenvalue weighted by molar-refractivity contribution is 7.19. The summed E-state index contributed by atoms with van der Waals surface area (Å²) in [5.41, 5.74) is -1.07. The summed E-state index contributed by atoms with van der Waals surface area (Å²) in [5, 5.41) is 20.4. The smallest absolute Gasteiger partial charge is 0.111 e. The molecule has 2 rings (SSSR count). The van der Waals surface area contributed by atoms with Crippen molar-refractivity contribution >= 4 is 21.4 Å². The Balaban J connectivity index is 2.52. The van der Waals surface area contributed by atoms with Crippen molar-refractivity contribution in [2.75, 3.05) is 0 Å². The Labute approximate surface area is 98.8 Å². The minimum Gasteiger partial charge on any atom is -0.383 e. The van der Waals surface area contributed by atoms with Gasteiger partial charge in [0.25, 0.3) is 0 Å². The van der Waals surface area contributed by atoms with Crippen molar-refractivity contribution < 1.29 is 5.11 Å². The van der Waals surface area contributed by atoms with Crippen LogP contribution in [0.3, 0.4) is 0 Å². The SMILES string of the molecule is CC(C#N)C(C)(O)c1cc2ccccc2s1. The van der Waals surface area contributed by atoms with Crippen LogP contribution >= 0.6 is 11.3 Å². The van der Waals surface area contributed by atoms with E-state index in [0.29, 0.717) is 0 Å². The van der Waals surface area contributed by atoms with Crippen LogP contribution in [-0.4, -0.2) is 5.11 Å². The third kappa shape index (κ3) is 1.71. The van der Waals surface area contributed by atoms with Crippen molar-refractivity contribution in [3.63, 3.8) is 0 Å². The number of thiophene rings is 1. The highest BCUT2D eigenvalue weighted by Crippen LogP contribution is 2.37. The van der Waals surface area contributed by atoms with Crippen LogP contribution in [0.15, 0.2) is 30.3 Å². The molecule has 1 aromatic carbocycles. The maximum atomic E-state index is 10.3. The van der Waals surface area contributed by atoms with Gasteiger partial charge in [-0.2, -0.15) is 5.26 Å². The molecule has 1 heterocycles. The van der Waals surface area contributed by atoms with E-state index in [2.05, 4.69) is 6.07 Å². The summed E-state index contributed by atoms with van der Waals surface area (Å²) in [5.74, 6) is -0.416. The van der Waals surface area contributed by atoms with Crippen LogP contribution in [0.25, 0.3) is 10.1 Å². The zero-order valence-corrected chi connectivity index (χ0v) is 10.1. The third-order valence-electron chi connectivity index (χ3n) is 2.96. The number of aliphatic hydroxyl groups is 1. The molecule has 0 aliphatic carbocycles. The van der Waals surface area contributed by atoms with Crippen molar-refractivity contribution in [3.05, 3.63) is 35.2 Å². The predicted octanol–water partition coefficient (Wildman–Crippen LogP) is 3.27. The van der Waals surface area contributed by atoms with Crippen molar-refractivity contribution in [3.8, 4) is 6.07 Å². The lowest BCUT2D eigenvalue weighted by Crippen LogP contribution is -2.27. The molecule has 0 spiro atoms. The summed E-state index contributed by atoms with van der Waals surface area (Å²) in [6, 6.07) is 12.1. The fourth-order valence-corrected chi connectivity index (χ4v) is 2.77. The van der Waals surface area contributed by atoms with Crippen LogP contribution in [0.4, 0.5) is 0 Å². The van der Waals surface area contributed by atoms with Crippen LogP contribution in [0.1, 0.15) is 18.7 Å². The van der Waals surface area contributed by atoms with Gasteiger partial charge in [0.1, 0.15) is 5.60 Å². The minimum absolute atomic E-state index is 0.416. The van der Waals surface area contributed by atoms with E-state index in [1.165, 1.54) is 0 Å². The number of fused-ring (bicyclic) bond motifs is 1. The molecule has 0 radical (unpaired) electrons. The molecule has 0 saturated heterocycles. The van der Waals surface area contributed by atoms with E-state index in [9.17, 15) is 5.11 Å². The number of benzene rings is 1. The van der Waals surface area contributed by atoms with Crippen LogP contribution in [0, 0.1) is 17.2 Å². The number of nitriles is 1. The average Bonchev–Trinajstić information content (AvgIpc) is 2.72. The Morgan fingerprint density at radius 2 is 2.12 bits per heavy atom. The Morgan fingerprint density at radius 1 is 1.44 bits per heavy atom. The van der Waals surface area contributed by atoms with Crippen LogP contribution in [-0.2, 0) is 5.60 Å². The van der Waals surface area contributed by atoms with Gasteiger partial charge < -0.3 is 5.11 Å². The van der Waals surface area contributed by atoms with Gasteiger partial charge in [-0.15, -0.1) is 11.3 Å². The molecule has 2 atom stereocenters. The Morgan fingerprint density at radius 3 is 2.75 bits per heavy atom. The molecule has 3 heteroatoms. The molecular weight excluding hydrogens is 218 g/mol. The quantitative estimate of drug-likeness (QED) is 0.862. The highest BCUT2D eigenvalue weighted by atomic mass is 32.1. The Bertz CT molecular complexity index is 517. The molecule has 0 saturated carbocycles. The van der Waals surface area contributed by atoms with Gasteiger partial charge in [0.05, 0.1) is 12.0 Å². The van der Waals surface area contributed by atoms with E-state index in [0.717, 1.165) is 15.0 Å². The summed E-state index contributed by atoms with van der Waals surface area (Å²) in [6.07, 6.45) is 0. The maximum Gasteiger partial charge on any atom is 0.111 e. The van der Waals surface area contributed by atoms with Gasteiger partial charge in [0, 0.05) is 9.58 Å². The monoisotopic (exact) mass is 231 g/mol. The number of hydrogen-bond donors (Lipinski definition) is 1. The second-order valence-electron chi connectivity index (χ2n) is 4.15. The minimum atomic E-state index is -1.07. The van der Waals surface area contributed by atoms with Crippen LogP contribution in [0.5, 0.6) is 0 Å². The van der Waals surface area contributed by atoms with Crippen molar-refractivity contribution in [1.82, 2.24) is 0 Å². The fourth-order valence-electron chi connectivity index (χ4n) is 1.57. The molecule has 0 fully saturated rings. The molecule has 0 bridgehead atoms. The number of hydrogen-bond acceptors (Lipinski definition) is 3. The lowest BCUT2D eigenvalue weighted by Gasteiger charge is -2.23. The van der Waals surface area contributed by atoms with Gasteiger partial charge >= 0.3 is 0 Å². The van der Waals surface area contributed by atoms with Crippen LogP contribution in [0.2, 0.25) is 0 Å². The standard InChI is InChI=1S/C13H13NOS/c1-9(8-14)13(2,15)12-7-10-5-3-4-6-11(10)16-12/h3-7,9,15H,1-2H3. The van der Waals surface area contributed by atoms with E-state index in [4.69, 9.17) is 5.26 Å². The van der Waals surface area contributed by atoms with Gasteiger partial charge in [-0.1, -0.05) is 18.2 Å². The summed E-state index contributed by atoms with van der Waals surface area (Å²) in [7, 11) is 0. The molecule has 0 aliphatic heterocycles. The second-order valence-corrected chi connectivity index (χ2v) is 5.23. The molecule has 82 valence electrons. The summed E-state index contributed by atoms with van der Waals surface area (Å²) < 4.78 is 1.14. The molecule has 2 unspecified atom stereocenters. The third-order valence-corrected chi connectivity index (χ3v) is 4.30. The van der Waals surface area contributed by atoms with Crippen molar-refractivity contribution in [2.45, 2.75) is 19.4 Å².